The van der Waals surface area contributed by atoms with Crippen LogP contribution >= 0.6 is 11.8 Å². The van der Waals surface area contributed by atoms with Crippen LogP contribution in [0.4, 0.5) is 0 Å². The van der Waals surface area contributed by atoms with Gasteiger partial charge in [-0.1, -0.05) is 102 Å². The third kappa shape index (κ3) is 4.56. The number of rotatable bonds is 6. The number of aryl methyl sites for hydroxylation is 1. The van der Waals surface area contributed by atoms with E-state index in [2.05, 4.69) is 6.07 Å². The molecule has 0 radical (unpaired) electrons. The van der Waals surface area contributed by atoms with Crippen molar-refractivity contribution in [2.75, 3.05) is 0 Å². The molecule has 4 rings (SSSR count). The highest BCUT2D eigenvalue weighted by molar-refractivity contribution is 8.00. The fourth-order valence-corrected chi connectivity index (χ4v) is 4.47. The van der Waals surface area contributed by atoms with Crippen molar-refractivity contribution in [1.29, 1.82) is 5.26 Å². The quantitative estimate of drug-likeness (QED) is 0.349. The van der Waals surface area contributed by atoms with Crippen LogP contribution in [0, 0.1) is 18.3 Å². The summed E-state index contributed by atoms with van der Waals surface area (Å²) < 4.78 is 0. The third-order valence-corrected chi connectivity index (χ3v) is 6.31. The Labute approximate surface area is 191 Å². The fourth-order valence-electron chi connectivity index (χ4n) is 3.43. The second kappa shape index (κ2) is 9.51. The van der Waals surface area contributed by atoms with Gasteiger partial charge in [0.2, 0.25) is 0 Å². The Bertz CT molecular complexity index is 1280. The lowest BCUT2D eigenvalue weighted by Crippen LogP contribution is -2.09. The Morgan fingerprint density at radius 2 is 1.56 bits per heavy atom. The molecule has 0 saturated carbocycles. The van der Waals surface area contributed by atoms with Crippen molar-refractivity contribution in [3.05, 3.63) is 108 Å². The zero-order valence-electron chi connectivity index (χ0n) is 17.4. The van der Waals surface area contributed by atoms with Gasteiger partial charge in [0.15, 0.2) is 0 Å². The topological polar surface area (TPSA) is 74.0 Å². The fraction of sp³-hybridized carbons (Fsp3) is 0.0741. The SMILES string of the molecule is Cc1ccc(-c2cc(-c3ccccc3)nc(SC(C(=O)O)c3ccccc3)c2C#N)cc1. The van der Waals surface area contributed by atoms with E-state index in [0.29, 0.717) is 21.8 Å². The second-order valence-corrected chi connectivity index (χ2v) is 8.42. The number of hydrogen-bond acceptors (Lipinski definition) is 4. The van der Waals surface area contributed by atoms with Crippen molar-refractivity contribution in [3.63, 3.8) is 0 Å². The molecule has 3 aromatic carbocycles. The Hall–Kier alpha value is -3.88. The molecular formula is C27H20N2O2S. The molecule has 4 aromatic rings. The predicted octanol–water partition coefficient (Wildman–Crippen LogP) is 6.51. The molecule has 1 atom stereocenters. The molecule has 1 unspecified atom stereocenters. The van der Waals surface area contributed by atoms with Gasteiger partial charge in [0.25, 0.3) is 0 Å². The number of thioether (sulfide) groups is 1. The lowest BCUT2D eigenvalue weighted by atomic mass is 9.98. The van der Waals surface area contributed by atoms with Crippen LogP contribution < -0.4 is 0 Å². The van der Waals surface area contributed by atoms with Crippen molar-refractivity contribution in [2.45, 2.75) is 17.2 Å². The van der Waals surface area contributed by atoms with E-state index in [0.717, 1.165) is 34.0 Å². The van der Waals surface area contributed by atoms with Crippen LogP contribution in [0.15, 0.2) is 96.0 Å². The standard InChI is InChI=1S/C27H20N2O2S/c1-18-12-14-19(15-13-18)22-16-24(20-8-4-2-5-9-20)29-26(23(22)17-28)32-25(27(30)31)21-10-6-3-7-11-21/h2-16,25H,1H3,(H,30,31). The molecule has 4 nitrogen and oxygen atoms in total. The van der Waals surface area contributed by atoms with Crippen molar-refractivity contribution < 1.29 is 9.90 Å². The summed E-state index contributed by atoms with van der Waals surface area (Å²) in [6, 6.07) is 30.8. The number of carboxylic acids is 1. The van der Waals surface area contributed by atoms with Crippen LogP contribution in [0.5, 0.6) is 0 Å². The second-order valence-electron chi connectivity index (χ2n) is 7.33. The molecule has 32 heavy (non-hydrogen) atoms. The molecule has 0 amide bonds. The highest BCUT2D eigenvalue weighted by Gasteiger charge is 2.25. The minimum absolute atomic E-state index is 0.376. The Morgan fingerprint density at radius 1 is 0.938 bits per heavy atom. The Kier molecular flexibility index (Phi) is 6.34. The average Bonchev–Trinajstić information content (AvgIpc) is 2.83. The molecular weight excluding hydrogens is 416 g/mol. The molecule has 0 aliphatic carbocycles. The molecule has 0 bridgehead atoms. The number of carbonyl (C=O) groups is 1. The lowest BCUT2D eigenvalue weighted by molar-refractivity contribution is -0.136. The first-order valence-electron chi connectivity index (χ1n) is 10.1. The first-order valence-corrected chi connectivity index (χ1v) is 11.0. The van der Waals surface area contributed by atoms with E-state index >= 15 is 0 Å². The van der Waals surface area contributed by atoms with Gasteiger partial charge in [0, 0.05) is 11.1 Å². The molecule has 0 aliphatic rings. The highest BCUT2D eigenvalue weighted by atomic mass is 32.2. The molecule has 156 valence electrons. The summed E-state index contributed by atoms with van der Waals surface area (Å²) in [7, 11) is 0. The number of nitrogens with zero attached hydrogens (tertiary/aromatic N) is 2. The van der Waals surface area contributed by atoms with E-state index in [1.54, 1.807) is 12.1 Å². The van der Waals surface area contributed by atoms with Gasteiger partial charge in [-0.2, -0.15) is 5.26 Å². The van der Waals surface area contributed by atoms with E-state index in [4.69, 9.17) is 4.98 Å². The Morgan fingerprint density at radius 3 is 2.16 bits per heavy atom. The number of aromatic nitrogens is 1. The highest BCUT2D eigenvalue weighted by Crippen LogP contribution is 2.40. The van der Waals surface area contributed by atoms with Crippen molar-refractivity contribution in [2.24, 2.45) is 0 Å². The van der Waals surface area contributed by atoms with Gasteiger partial charge in [-0.25, -0.2) is 4.98 Å². The third-order valence-electron chi connectivity index (χ3n) is 5.09. The average molecular weight is 437 g/mol. The van der Waals surface area contributed by atoms with E-state index in [-0.39, 0.29) is 0 Å². The van der Waals surface area contributed by atoms with Crippen molar-refractivity contribution >= 4 is 17.7 Å². The smallest absolute Gasteiger partial charge is 0.321 e. The van der Waals surface area contributed by atoms with Gasteiger partial charge >= 0.3 is 5.97 Å². The predicted molar refractivity (Wildman–Crippen MR) is 127 cm³/mol. The number of hydrogen-bond donors (Lipinski definition) is 1. The maximum absolute atomic E-state index is 12.1. The van der Waals surface area contributed by atoms with Gasteiger partial charge in [-0.15, -0.1) is 0 Å². The summed E-state index contributed by atoms with van der Waals surface area (Å²) in [4.78, 5) is 16.9. The van der Waals surface area contributed by atoms with Gasteiger partial charge in [0.05, 0.1) is 11.3 Å². The summed E-state index contributed by atoms with van der Waals surface area (Å²) >= 11 is 1.09. The molecule has 0 spiro atoms. The number of aliphatic carboxylic acids is 1. The van der Waals surface area contributed by atoms with Crippen LogP contribution in [0.1, 0.15) is 21.9 Å². The van der Waals surface area contributed by atoms with Crippen LogP contribution in [0.3, 0.4) is 0 Å². The van der Waals surface area contributed by atoms with E-state index in [1.807, 2.05) is 85.8 Å². The molecule has 0 saturated heterocycles. The minimum atomic E-state index is -0.978. The first kappa shape index (κ1) is 21.4. The maximum Gasteiger partial charge on any atom is 0.321 e. The first-order chi connectivity index (χ1) is 15.6. The van der Waals surface area contributed by atoms with Crippen LogP contribution in [0.2, 0.25) is 0 Å². The van der Waals surface area contributed by atoms with Crippen LogP contribution in [-0.4, -0.2) is 16.1 Å². The maximum atomic E-state index is 12.1. The summed E-state index contributed by atoms with van der Waals surface area (Å²) in [5.41, 5.74) is 5.37. The summed E-state index contributed by atoms with van der Waals surface area (Å²) in [6.45, 7) is 2.01. The van der Waals surface area contributed by atoms with Gasteiger partial charge in [-0.3, -0.25) is 4.79 Å². The van der Waals surface area contributed by atoms with E-state index < -0.39 is 11.2 Å². The van der Waals surface area contributed by atoms with Gasteiger partial charge < -0.3 is 5.11 Å². The van der Waals surface area contributed by atoms with Crippen molar-refractivity contribution in [3.8, 4) is 28.5 Å². The number of carboxylic acid groups (broad SMARTS) is 1. The van der Waals surface area contributed by atoms with E-state index in [1.165, 1.54) is 0 Å². The van der Waals surface area contributed by atoms with Crippen LogP contribution in [0.25, 0.3) is 22.4 Å². The summed E-state index contributed by atoms with van der Waals surface area (Å²) in [5.74, 6) is -0.978. The molecule has 1 aromatic heterocycles. The number of pyridine rings is 1. The lowest BCUT2D eigenvalue weighted by Gasteiger charge is -2.16. The monoisotopic (exact) mass is 436 g/mol. The van der Waals surface area contributed by atoms with Crippen molar-refractivity contribution in [1.82, 2.24) is 4.98 Å². The van der Waals surface area contributed by atoms with Crippen LogP contribution in [-0.2, 0) is 4.79 Å². The Balaban J connectivity index is 1.90. The summed E-state index contributed by atoms with van der Waals surface area (Å²) in [6.07, 6.45) is 0. The number of benzene rings is 3. The number of nitriles is 1. The molecule has 0 fully saturated rings. The zero-order valence-corrected chi connectivity index (χ0v) is 18.2. The molecule has 0 aliphatic heterocycles. The summed E-state index contributed by atoms with van der Waals surface area (Å²) in [5, 5.41) is 19.5. The van der Waals surface area contributed by atoms with E-state index in [9.17, 15) is 15.2 Å². The zero-order chi connectivity index (χ0) is 22.5. The normalized spacial score (nSPS) is 11.5. The van der Waals surface area contributed by atoms with Gasteiger partial charge in [0.1, 0.15) is 16.3 Å². The van der Waals surface area contributed by atoms with Gasteiger partial charge in [-0.05, 0) is 24.1 Å². The minimum Gasteiger partial charge on any atom is -0.480 e. The molecule has 1 heterocycles. The molecule has 1 N–H and O–H groups in total. The largest absolute Gasteiger partial charge is 0.480 e. The molecule has 5 heteroatoms.